The van der Waals surface area contributed by atoms with E-state index < -0.39 is 35.2 Å². The molecule has 13 rings (SSSR count). The third-order valence-corrected chi connectivity index (χ3v) is 15.0. The minimum atomic E-state index is -5.03. The molecule has 0 radical (unpaired) electrons. The summed E-state index contributed by atoms with van der Waals surface area (Å²) in [5, 5.41) is 3.00. The molecule has 5 nitrogen and oxygen atoms in total. The van der Waals surface area contributed by atoms with E-state index in [1.165, 1.54) is 12.1 Å². The van der Waals surface area contributed by atoms with Crippen LogP contribution in [0.1, 0.15) is 27.8 Å². The zero-order valence-corrected chi connectivity index (χ0v) is 43.4. The van der Waals surface area contributed by atoms with E-state index in [0.717, 1.165) is 84.4 Å². The van der Waals surface area contributed by atoms with Crippen molar-refractivity contribution in [3.8, 4) is 78.9 Å². The van der Waals surface area contributed by atoms with Crippen molar-refractivity contribution < 1.29 is 39.5 Å². The minimum absolute atomic E-state index is 0.125. The van der Waals surface area contributed by atoms with Crippen LogP contribution in [0.5, 0.6) is 0 Å². The molecule has 0 spiro atoms. The molecule has 0 saturated heterocycles. The zero-order valence-electron chi connectivity index (χ0n) is 43.4. The lowest BCUT2D eigenvalue weighted by atomic mass is 9.95. The summed E-state index contributed by atoms with van der Waals surface area (Å²) in [6.45, 7) is 3.64. The van der Waals surface area contributed by atoms with Gasteiger partial charge in [0.1, 0.15) is 0 Å². The Kier molecular flexibility index (Phi) is 12.3. The number of rotatable bonds is 8. The molecular weight excluding hydrogens is 1060 g/mol. The summed E-state index contributed by atoms with van der Waals surface area (Å²) in [5.41, 5.74) is 7.03. The van der Waals surface area contributed by atoms with E-state index in [1.54, 1.807) is 25.1 Å². The highest BCUT2D eigenvalue weighted by Gasteiger charge is 2.37. The topological polar surface area (TPSA) is 48.5 Å². The van der Waals surface area contributed by atoms with Gasteiger partial charge in [0.2, 0.25) is 0 Å². The van der Waals surface area contributed by atoms with Gasteiger partial charge in [-0.25, -0.2) is 15.0 Å². The van der Waals surface area contributed by atoms with E-state index >= 15 is 0 Å². The van der Waals surface area contributed by atoms with Crippen molar-refractivity contribution in [2.24, 2.45) is 0 Å². The molecule has 0 N–H and O–H groups in total. The molecule has 3 aromatic heterocycles. The van der Waals surface area contributed by atoms with Gasteiger partial charge in [-0.3, -0.25) is 0 Å². The number of nitrogens with zero attached hydrogens (tertiary/aromatic N) is 5. The van der Waals surface area contributed by atoms with Crippen LogP contribution in [0.15, 0.2) is 218 Å². The second-order valence-corrected chi connectivity index (χ2v) is 20.3. The molecule has 0 fully saturated rings. The Morgan fingerprint density at radius 3 is 1.28 bits per heavy atom. The number of benzene rings is 10. The van der Waals surface area contributed by atoms with Gasteiger partial charge in [0, 0.05) is 49.5 Å². The minimum Gasteiger partial charge on any atom is -0.309 e. The van der Waals surface area contributed by atoms with E-state index in [1.807, 2.05) is 169 Å². The number of para-hydroxylation sites is 2. The summed E-state index contributed by atoms with van der Waals surface area (Å²) in [5.74, 6) is 1.33. The molecule has 0 atom stereocenters. The molecular formula is C68H42F9N5. The van der Waals surface area contributed by atoms with Gasteiger partial charge in [-0.05, 0) is 150 Å². The first kappa shape index (κ1) is 51.6. The van der Waals surface area contributed by atoms with E-state index in [-0.39, 0.29) is 17.2 Å². The Morgan fingerprint density at radius 2 is 0.744 bits per heavy atom. The highest BCUT2D eigenvalue weighted by Crippen LogP contribution is 2.45. The Morgan fingerprint density at radius 1 is 0.305 bits per heavy atom. The molecule has 0 aliphatic heterocycles. The van der Waals surface area contributed by atoms with Gasteiger partial charge in [0.05, 0.1) is 44.4 Å². The largest absolute Gasteiger partial charge is 0.416 e. The standard InChI is InChI=1S/C68H42F9N5/c1-39-29-46(31-48(30-39)66(69,70)71)43-23-27-61-56(34-43)53-18-10-12-20-59(53)82(61)62-28-24-45(65-79-63(41-13-5-3-6-14-41)78-64(80-65)42-15-7-4-8-16-42)36-57(62)54-38-51(25-21-40(54)2)81-58-19-11-9-17-52(58)55-35-44(22-26-60(55)81)47-32-49(67(72,73)74)37-50(33-47)68(75,76)77/h3-38H,1-2H3. The van der Waals surface area contributed by atoms with Crippen LogP contribution in [-0.4, -0.2) is 24.1 Å². The van der Waals surface area contributed by atoms with E-state index in [0.29, 0.717) is 56.3 Å². The van der Waals surface area contributed by atoms with Gasteiger partial charge in [0.15, 0.2) is 17.5 Å². The molecule has 82 heavy (non-hydrogen) atoms. The summed E-state index contributed by atoms with van der Waals surface area (Å²) in [7, 11) is 0. The van der Waals surface area contributed by atoms with Gasteiger partial charge in [-0.15, -0.1) is 0 Å². The van der Waals surface area contributed by atoms with Gasteiger partial charge in [-0.1, -0.05) is 121 Å². The van der Waals surface area contributed by atoms with Gasteiger partial charge in [-0.2, -0.15) is 39.5 Å². The number of hydrogen-bond acceptors (Lipinski definition) is 3. The quantitative estimate of drug-likeness (QED) is 0.143. The second-order valence-electron chi connectivity index (χ2n) is 20.3. The van der Waals surface area contributed by atoms with E-state index in [2.05, 4.69) is 10.6 Å². The maximum Gasteiger partial charge on any atom is 0.416 e. The maximum absolute atomic E-state index is 14.2. The molecule has 0 saturated carbocycles. The summed E-state index contributed by atoms with van der Waals surface area (Å²) in [4.78, 5) is 15.1. The fraction of sp³-hybridized carbons (Fsp3) is 0.0735. The summed E-state index contributed by atoms with van der Waals surface area (Å²) >= 11 is 0. The lowest BCUT2D eigenvalue weighted by Gasteiger charge is -2.19. The zero-order chi connectivity index (χ0) is 56.8. The summed E-state index contributed by atoms with van der Waals surface area (Å²) in [6, 6.07) is 62.8. The van der Waals surface area contributed by atoms with Crippen LogP contribution in [0.3, 0.4) is 0 Å². The molecule has 0 unspecified atom stereocenters. The Labute approximate surface area is 462 Å². The Hall–Kier alpha value is -9.82. The summed E-state index contributed by atoms with van der Waals surface area (Å²) in [6.07, 6.45) is -14.6. The molecule has 14 heteroatoms. The normalized spacial score (nSPS) is 12.3. The highest BCUT2D eigenvalue weighted by atomic mass is 19.4. The van der Waals surface area contributed by atoms with Crippen molar-refractivity contribution in [3.63, 3.8) is 0 Å². The molecule has 0 aliphatic carbocycles. The predicted molar refractivity (Wildman–Crippen MR) is 306 cm³/mol. The van der Waals surface area contributed by atoms with Crippen LogP contribution in [0.25, 0.3) is 123 Å². The van der Waals surface area contributed by atoms with Crippen LogP contribution in [0.4, 0.5) is 39.5 Å². The maximum atomic E-state index is 14.2. The van der Waals surface area contributed by atoms with E-state index in [4.69, 9.17) is 15.0 Å². The van der Waals surface area contributed by atoms with Crippen molar-refractivity contribution in [2.45, 2.75) is 32.4 Å². The number of alkyl halides is 9. The lowest BCUT2D eigenvalue weighted by Crippen LogP contribution is -2.11. The van der Waals surface area contributed by atoms with Crippen molar-refractivity contribution >= 4 is 43.6 Å². The predicted octanol–water partition coefficient (Wildman–Crippen LogP) is 19.7. The monoisotopic (exact) mass is 1100 g/mol. The molecule has 13 aromatic rings. The smallest absolute Gasteiger partial charge is 0.309 e. The van der Waals surface area contributed by atoms with Crippen molar-refractivity contribution in [2.75, 3.05) is 0 Å². The van der Waals surface area contributed by atoms with Crippen LogP contribution >= 0.6 is 0 Å². The molecule has 10 aromatic carbocycles. The highest BCUT2D eigenvalue weighted by molar-refractivity contribution is 6.12. The number of hydrogen-bond donors (Lipinski definition) is 0. The van der Waals surface area contributed by atoms with Crippen LogP contribution in [0.2, 0.25) is 0 Å². The Bertz CT molecular complexity index is 4580. The van der Waals surface area contributed by atoms with Gasteiger partial charge in [0.25, 0.3) is 0 Å². The third-order valence-electron chi connectivity index (χ3n) is 15.0. The van der Waals surface area contributed by atoms with Crippen molar-refractivity contribution in [1.29, 1.82) is 0 Å². The first-order valence-corrected chi connectivity index (χ1v) is 26.0. The second kappa shape index (κ2) is 19.5. The van der Waals surface area contributed by atoms with Crippen LogP contribution < -0.4 is 0 Å². The number of aryl methyl sites for hydroxylation is 2. The SMILES string of the molecule is Cc1cc(-c2ccc3c(c2)c2ccccc2n3-c2ccc(-c3nc(-c4ccccc4)nc(-c4ccccc4)n3)cc2-c2cc(-n3c4ccccc4c4cc(-c5cc(C(F)(F)F)cc(C(F)(F)F)c5)ccc43)ccc2C)cc(C(F)(F)F)c1. The van der Waals surface area contributed by atoms with Gasteiger partial charge >= 0.3 is 18.5 Å². The molecule has 0 amide bonds. The first-order chi connectivity index (χ1) is 39.3. The fourth-order valence-electron chi connectivity index (χ4n) is 11.1. The van der Waals surface area contributed by atoms with Crippen molar-refractivity contribution in [3.05, 3.63) is 246 Å². The number of aromatic nitrogens is 5. The lowest BCUT2D eigenvalue weighted by molar-refractivity contribution is -0.143. The molecule has 3 heterocycles. The van der Waals surface area contributed by atoms with Crippen LogP contribution in [-0.2, 0) is 18.5 Å². The van der Waals surface area contributed by atoms with E-state index in [9.17, 15) is 39.5 Å². The fourth-order valence-corrected chi connectivity index (χ4v) is 11.1. The summed E-state index contributed by atoms with van der Waals surface area (Å²) < 4.78 is 131. The number of fused-ring (bicyclic) bond motifs is 6. The van der Waals surface area contributed by atoms with Crippen molar-refractivity contribution in [1.82, 2.24) is 24.1 Å². The third kappa shape index (κ3) is 9.29. The number of halogens is 9. The van der Waals surface area contributed by atoms with Gasteiger partial charge < -0.3 is 9.13 Å². The van der Waals surface area contributed by atoms with Crippen LogP contribution in [0, 0.1) is 13.8 Å². The molecule has 402 valence electrons. The Balaban J connectivity index is 1.04. The molecule has 0 bridgehead atoms. The first-order valence-electron chi connectivity index (χ1n) is 26.0. The average molecular weight is 1100 g/mol. The average Bonchev–Trinajstić information content (AvgIpc) is 2.79. The molecule has 0 aliphatic rings.